The van der Waals surface area contributed by atoms with Crippen LogP contribution in [0.5, 0.6) is 0 Å². The monoisotopic (exact) mass is 398 g/mol. The molecule has 5 heteroatoms. The second-order valence-electron chi connectivity index (χ2n) is 7.97. The number of aromatic nitrogens is 2. The molecule has 3 heterocycles. The van der Waals surface area contributed by atoms with Crippen molar-refractivity contribution in [3.63, 3.8) is 0 Å². The molecule has 5 nitrogen and oxygen atoms in total. The van der Waals surface area contributed by atoms with Crippen molar-refractivity contribution in [2.75, 3.05) is 13.1 Å². The number of unbranched alkanes of at least 4 members (excludes halogenated alkanes) is 2. The molecule has 1 aliphatic rings. The van der Waals surface area contributed by atoms with Crippen molar-refractivity contribution in [1.29, 1.82) is 0 Å². The van der Waals surface area contributed by atoms with Crippen LogP contribution in [-0.4, -0.2) is 22.6 Å². The average Bonchev–Trinajstić information content (AvgIpc) is 3.14. The van der Waals surface area contributed by atoms with Gasteiger partial charge in [0.25, 0.3) is 5.56 Å². The summed E-state index contributed by atoms with van der Waals surface area (Å²) in [4.78, 5) is 18.1. The van der Waals surface area contributed by atoms with E-state index in [9.17, 15) is 4.79 Å². The van der Waals surface area contributed by atoms with Gasteiger partial charge in [-0.25, -0.2) is 4.98 Å². The molecule has 2 aromatic heterocycles. The molecule has 0 radical (unpaired) electrons. The van der Waals surface area contributed by atoms with Crippen LogP contribution in [0.15, 0.2) is 59.4 Å². The molecule has 0 unspecified atom stereocenters. The smallest absolute Gasteiger partial charge is 0.259 e. The first-order valence-corrected chi connectivity index (χ1v) is 10.7. The summed E-state index contributed by atoms with van der Waals surface area (Å²) in [7, 11) is 0. The summed E-state index contributed by atoms with van der Waals surface area (Å²) in [5, 5.41) is 6.49. The number of hydrogen-bond acceptors (Lipinski definition) is 4. The third kappa shape index (κ3) is 3.20. The molecule has 0 spiro atoms. The molecule has 3 N–H and O–H groups in total. The number of nitrogens with zero attached hydrogens (tertiary/aromatic N) is 2. The van der Waals surface area contributed by atoms with E-state index in [4.69, 9.17) is 10.7 Å². The second kappa shape index (κ2) is 8.01. The van der Waals surface area contributed by atoms with Gasteiger partial charge >= 0.3 is 0 Å². The van der Waals surface area contributed by atoms with Gasteiger partial charge in [0.05, 0.1) is 23.4 Å². The van der Waals surface area contributed by atoms with Crippen molar-refractivity contribution in [3.8, 4) is 11.4 Å². The molecule has 0 bridgehead atoms. The molecule has 0 aliphatic carbocycles. The van der Waals surface area contributed by atoms with Crippen LogP contribution in [0, 0.1) is 0 Å². The Morgan fingerprint density at radius 1 is 1.00 bits per heavy atom. The van der Waals surface area contributed by atoms with Crippen LogP contribution >= 0.6 is 0 Å². The van der Waals surface area contributed by atoms with Crippen LogP contribution in [0.25, 0.3) is 33.1 Å². The molecular weight excluding hydrogens is 372 g/mol. The number of fused-ring (bicyclic) bond motifs is 5. The van der Waals surface area contributed by atoms with E-state index in [-0.39, 0.29) is 5.56 Å². The van der Waals surface area contributed by atoms with Gasteiger partial charge in [-0.15, -0.1) is 0 Å². The Morgan fingerprint density at radius 3 is 2.67 bits per heavy atom. The van der Waals surface area contributed by atoms with E-state index in [1.54, 1.807) is 0 Å². The highest BCUT2D eigenvalue weighted by Crippen LogP contribution is 2.36. The van der Waals surface area contributed by atoms with Crippen molar-refractivity contribution >= 4 is 21.7 Å². The molecule has 0 fully saturated rings. The van der Waals surface area contributed by atoms with E-state index >= 15 is 0 Å². The van der Waals surface area contributed by atoms with E-state index in [0.717, 1.165) is 77.5 Å². The van der Waals surface area contributed by atoms with Gasteiger partial charge in [0, 0.05) is 22.9 Å². The van der Waals surface area contributed by atoms with Crippen LogP contribution < -0.4 is 16.6 Å². The van der Waals surface area contributed by atoms with Crippen LogP contribution in [-0.2, 0) is 13.1 Å². The predicted octanol–water partition coefficient (Wildman–Crippen LogP) is 3.80. The Kier molecular flexibility index (Phi) is 5.07. The molecule has 0 saturated carbocycles. The molecule has 1 aliphatic heterocycles. The highest BCUT2D eigenvalue weighted by atomic mass is 16.1. The summed E-state index contributed by atoms with van der Waals surface area (Å²) in [5.41, 5.74) is 10.9. The predicted molar refractivity (Wildman–Crippen MR) is 123 cm³/mol. The van der Waals surface area contributed by atoms with Gasteiger partial charge in [0.2, 0.25) is 0 Å². The Labute approximate surface area is 175 Å². The summed E-state index contributed by atoms with van der Waals surface area (Å²) in [6.07, 6.45) is 3.33. The number of hydrogen-bond donors (Lipinski definition) is 2. The minimum atomic E-state index is 0.0610. The Hall–Kier alpha value is -3.02. The third-order valence-corrected chi connectivity index (χ3v) is 6.05. The zero-order valence-corrected chi connectivity index (χ0v) is 17.0. The number of benzene rings is 2. The van der Waals surface area contributed by atoms with Gasteiger partial charge in [0.1, 0.15) is 0 Å². The molecule has 0 atom stereocenters. The van der Waals surface area contributed by atoms with Crippen molar-refractivity contribution in [3.05, 3.63) is 76.1 Å². The quantitative estimate of drug-likeness (QED) is 0.409. The van der Waals surface area contributed by atoms with Gasteiger partial charge < -0.3 is 15.6 Å². The molecule has 4 aromatic rings. The maximum Gasteiger partial charge on any atom is 0.259 e. The van der Waals surface area contributed by atoms with Crippen LogP contribution in [0.4, 0.5) is 0 Å². The second-order valence-corrected chi connectivity index (χ2v) is 7.97. The third-order valence-electron chi connectivity index (χ3n) is 6.05. The molecule has 152 valence electrons. The Balaban J connectivity index is 1.58. The van der Waals surface area contributed by atoms with Gasteiger partial charge in [0.15, 0.2) is 0 Å². The van der Waals surface area contributed by atoms with Crippen LogP contribution in [0.2, 0.25) is 0 Å². The Bertz CT molecular complexity index is 1290. The van der Waals surface area contributed by atoms with Crippen molar-refractivity contribution in [2.45, 2.75) is 32.4 Å². The van der Waals surface area contributed by atoms with E-state index in [2.05, 4.69) is 29.6 Å². The molecule has 0 saturated heterocycles. The number of nitrogens with two attached hydrogens (primary N) is 1. The maximum atomic E-state index is 13.2. The fourth-order valence-corrected chi connectivity index (χ4v) is 4.50. The lowest BCUT2D eigenvalue weighted by atomic mass is 10.00. The molecule has 0 amide bonds. The van der Waals surface area contributed by atoms with E-state index in [0.29, 0.717) is 6.54 Å². The van der Waals surface area contributed by atoms with E-state index in [1.165, 1.54) is 5.56 Å². The molecule has 5 rings (SSSR count). The van der Waals surface area contributed by atoms with Crippen molar-refractivity contribution in [1.82, 2.24) is 14.9 Å². The molecule has 30 heavy (non-hydrogen) atoms. The zero-order chi connectivity index (χ0) is 20.5. The minimum Gasteiger partial charge on any atom is -0.330 e. The first-order valence-electron chi connectivity index (χ1n) is 10.7. The van der Waals surface area contributed by atoms with Crippen molar-refractivity contribution < 1.29 is 0 Å². The SMILES string of the molecule is NCCCCCNCc1c2c(nc3ccccc13)-c1cc3ccccc3c(=O)n1C2. The molecular formula is C25H26N4O. The topological polar surface area (TPSA) is 72.9 Å². The van der Waals surface area contributed by atoms with Gasteiger partial charge in [-0.05, 0) is 55.1 Å². The van der Waals surface area contributed by atoms with Crippen LogP contribution in [0.3, 0.4) is 0 Å². The summed E-state index contributed by atoms with van der Waals surface area (Å²) >= 11 is 0. The largest absolute Gasteiger partial charge is 0.330 e. The first kappa shape index (κ1) is 19.0. The van der Waals surface area contributed by atoms with Crippen LogP contribution in [0.1, 0.15) is 30.4 Å². The summed E-state index contributed by atoms with van der Waals surface area (Å²) in [5.74, 6) is 0. The van der Waals surface area contributed by atoms with Gasteiger partial charge in [-0.1, -0.05) is 42.8 Å². The van der Waals surface area contributed by atoms with Gasteiger partial charge in [-0.2, -0.15) is 0 Å². The minimum absolute atomic E-state index is 0.0610. The fraction of sp³-hybridized carbons (Fsp3) is 0.280. The standard InChI is InChI=1S/C25H26N4O/c26-12-6-1-7-13-27-15-20-19-10-4-5-11-22(19)28-24-21(20)16-29-23(24)14-17-8-2-3-9-18(17)25(29)30/h2-5,8-11,14,27H,1,6-7,12-13,15-16,26H2. The number of rotatable bonds is 7. The van der Waals surface area contributed by atoms with Crippen molar-refractivity contribution in [2.24, 2.45) is 5.73 Å². The van der Waals surface area contributed by atoms with Gasteiger partial charge in [-0.3, -0.25) is 4.79 Å². The van der Waals surface area contributed by atoms with E-state index in [1.807, 2.05) is 34.9 Å². The summed E-state index contributed by atoms with van der Waals surface area (Å²) in [6.45, 7) is 3.07. The fourth-order valence-electron chi connectivity index (χ4n) is 4.50. The van der Waals surface area contributed by atoms with E-state index < -0.39 is 0 Å². The zero-order valence-electron chi connectivity index (χ0n) is 17.0. The number of para-hydroxylation sites is 1. The molecule has 2 aromatic carbocycles. The number of pyridine rings is 2. The lowest BCUT2D eigenvalue weighted by molar-refractivity contribution is 0.605. The normalized spacial score (nSPS) is 12.4. The summed E-state index contributed by atoms with van der Waals surface area (Å²) in [6, 6.07) is 18.2. The lowest BCUT2D eigenvalue weighted by Gasteiger charge is -2.13. The average molecular weight is 399 g/mol. The first-order chi connectivity index (χ1) is 14.8. The summed E-state index contributed by atoms with van der Waals surface area (Å²) < 4.78 is 1.88. The highest BCUT2D eigenvalue weighted by Gasteiger charge is 2.26. The number of nitrogens with one attached hydrogen (secondary N) is 1. The lowest BCUT2D eigenvalue weighted by Crippen LogP contribution is -2.20. The highest BCUT2D eigenvalue weighted by molar-refractivity contribution is 5.91. The maximum absolute atomic E-state index is 13.2. The Morgan fingerprint density at radius 2 is 1.80 bits per heavy atom.